The smallest absolute Gasteiger partial charge is 0.256 e. The molecule has 1 unspecified atom stereocenters. The number of likely N-dealkylation sites (N-methyl/N-ethyl adjacent to an activating group) is 1. The molecule has 1 amide bonds. The molecule has 8 heteroatoms. The van der Waals surface area contributed by atoms with Crippen LogP contribution in [0.2, 0.25) is 0 Å². The maximum absolute atomic E-state index is 12.9. The van der Waals surface area contributed by atoms with Crippen LogP contribution in [0.25, 0.3) is 17.5 Å². The topological polar surface area (TPSA) is 101 Å². The zero-order chi connectivity index (χ0) is 25.1. The molecule has 5 rings (SSSR count). The van der Waals surface area contributed by atoms with Crippen LogP contribution in [-0.2, 0) is 6.54 Å². The van der Waals surface area contributed by atoms with Gasteiger partial charge in [0.15, 0.2) is 0 Å². The summed E-state index contributed by atoms with van der Waals surface area (Å²) in [5.74, 6) is 2.41. The lowest BCUT2D eigenvalue weighted by molar-refractivity contribution is 0.102. The van der Waals surface area contributed by atoms with Crippen molar-refractivity contribution in [2.75, 3.05) is 32.5 Å². The molecule has 1 saturated carbocycles. The van der Waals surface area contributed by atoms with Gasteiger partial charge in [-0.1, -0.05) is 12.1 Å². The highest BCUT2D eigenvalue weighted by atomic mass is 16.1. The van der Waals surface area contributed by atoms with Gasteiger partial charge < -0.3 is 25.8 Å². The first kappa shape index (κ1) is 24.2. The van der Waals surface area contributed by atoms with Crippen molar-refractivity contribution in [3.8, 4) is 11.3 Å². The maximum atomic E-state index is 12.9. The summed E-state index contributed by atoms with van der Waals surface area (Å²) in [4.78, 5) is 24.7. The lowest BCUT2D eigenvalue weighted by Gasteiger charge is -2.29. The van der Waals surface area contributed by atoms with Gasteiger partial charge >= 0.3 is 0 Å². The number of carbonyl (C=O) groups excluding carboxylic acids is 1. The molecule has 4 N–H and O–H groups in total. The average Bonchev–Trinajstić information content (AvgIpc) is 3.68. The minimum atomic E-state index is -0.172. The molecule has 3 aromatic rings. The zero-order valence-electron chi connectivity index (χ0n) is 21.1. The number of nitrogens with two attached hydrogens (primary N) is 1. The van der Waals surface area contributed by atoms with Gasteiger partial charge in [0.05, 0.1) is 11.4 Å². The van der Waals surface area contributed by atoms with Crippen LogP contribution in [0, 0.1) is 0 Å². The number of nitrogens with zero attached hydrogens (tertiary/aromatic N) is 4. The highest BCUT2D eigenvalue weighted by Crippen LogP contribution is 2.40. The van der Waals surface area contributed by atoms with Gasteiger partial charge in [0.25, 0.3) is 5.91 Å². The maximum Gasteiger partial charge on any atom is 0.256 e. The van der Waals surface area contributed by atoms with Gasteiger partial charge in [-0.2, -0.15) is 0 Å². The van der Waals surface area contributed by atoms with E-state index >= 15 is 0 Å². The third-order valence-corrected chi connectivity index (χ3v) is 7.11. The molecule has 36 heavy (non-hydrogen) atoms. The minimum absolute atomic E-state index is 0.172. The summed E-state index contributed by atoms with van der Waals surface area (Å²) in [6.07, 6.45) is 10.4. The summed E-state index contributed by atoms with van der Waals surface area (Å²) < 4.78 is 2.13. The number of anilines is 1. The number of imidazole rings is 1. The predicted octanol–water partition coefficient (Wildman–Crippen LogP) is 3.99. The second-order valence-electron chi connectivity index (χ2n) is 9.83. The monoisotopic (exact) mass is 485 g/mol. The van der Waals surface area contributed by atoms with E-state index in [2.05, 4.69) is 32.1 Å². The summed E-state index contributed by atoms with van der Waals surface area (Å²) in [5.41, 5.74) is 10.8. The van der Waals surface area contributed by atoms with Crippen molar-refractivity contribution in [1.29, 1.82) is 0 Å². The second-order valence-corrected chi connectivity index (χ2v) is 9.83. The first-order valence-corrected chi connectivity index (χ1v) is 12.8. The van der Waals surface area contributed by atoms with E-state index in [0.29, 0.717) is 29.8 Å². The van der Waals surface area contributed by atoms with Gasteiger partial charge in [0.2, 0.25) is 0 Å². The van der Waals surface area contributed by atoms with Crippen molar-refractivity contribution in [2.45, 2.75) is 44.1 Å². The predicted molar refractivity (Wildman–Crippen MR) is 144 cm³/mol. The summed E-state index contributed by atoms with van der Waals surface area (Å²) in [5, 5.41) is 6.01. The Bertz CT molecular complexity index is 1240. The molecule has 1 aromatic carbocycles. The Morgan fingerprint density at radius 1 is 1.17 bits per heavy atom. The Kier molecular flexibility index (Phi) is 7.16. The van der Waals surface area contributed by atoms with Crippen LogP contribution in [0.15, 0.2) is 48.8 Å². The number of pyridine rings is 1. The van der Waals surface area contributed by atoms with E-state index in [4.69, 9.17) is 10.7 Å². The fourth-order valence-corrected chi connectivity index (χ4v) is 5.05. The minimum Gasteiger partial charge on any atom is -0.393 e. The molecule has 2 aromatic heterocycles. The van der Waals surface area contributed by atoms with Crippen LogP contribution >= 0.6 is 0 Å². The van der Waals surface area contributed by atoms with Crippen molar-refractivity contribution in [2.24, 2.45) is 5.73 Å². The lowest BCUT2D eigenvalue weighted by Crippen LogP contribution is -2.32. The largest absolute Gasteiger partial charge is 0.393 e. The van der Waals surface area contributed by atoms with E-state index in [1.807, 2.05) is 55.8 Å². The second kappa shape index (κ2) is 10.6. The Hall–Kier alpha value is -3.49. The van der Waals surface area contributed by atoms with E-state index in [-0.39, 0.29) is 5.91 Å². The third-order valence-electron chi connectivity index (χ3n) is 7.11. The third kappa shape index (κ3) is 5.20. The number of rotatable bonds is 8. The van der Waals surface area contributed by atoms with Crippen LogP contribution in [0.4, 0.5) is 5.82 Å². The number of amides is 1. The first-order chi connectivity index (χ1) is 17.6. The van der Waals surface area contributed by atoms with E-state index in [1.165, 1.54) is 18.4 Å². The number of aromatic nitrogens is 3. The van der Waals surface area contributed by atoms with Gasteiger partial charge in [-0.25, -0.2) is 9.97 Å². The van der Waals surface area contributed by atoms with Gasteiger partial charge in [-0.05, 0) is 75.0 Å². The van der Waals surface area contributed by atoms with Crippen LogP contribution in [0.5, 0.6) is 0 Å². The Morgan fingerprint density at radius 2 is 1.97 bits per heavy atom. The Balaban J connectivity index is 1.40. The van der Waals surface area contributed by atoms with Gasteiger partial charge in [-0.15, -0.1) is 0 Å². The van der Waals surface area contributed by atoms with Crippen molar-refractivity contribution in [3.05, 3.63) is 71.4 Å². The number of nitrogens with one attached hydrogen (secondary N) is 2. The summed E-state index contributed by atoms with van der Waals surface area (Å²) in [6, 6.07) is 11.6. The molecule has 0 spiro atoms. The molecule has 2 fully saturated rings. The van der Waals surface area contributed by atoms with Crippen molar-refractivity contribution in [3.63, 3.8) is 0 Å². The molecule has 1 aliphatic heterocycles. The summed E-state index contributed by atoms with van der Waals surface area (Å²) in [7, 11) is 4.04. The number of hydrogen-bond acceptors (Lipinski definition) is 6. The fraction of sp³-hybridized carbons (Fsp3) is 0.393. The van der Waals surface area contributed by atoms with Crippen molar-refractivity contribution in [1.82, 2.24) is 24.8 Å². The van der Waals surface area contributed by atoms with E-state index in [1.54, 1.807) is 6.20 Å². The normalized spacial score (nSPS) is 18.5. The van der Waals surface area contributed by atoms with E-state index < -0.39 is 0 Å². The molecule has 0 bridgehead atoms. The molecule has 2 aliphatic rings. The van der Waals surface area contributed by atoms with Crippen LogP contribution in [0.3, 0.4) is 0 Å². The summed E-state index contributed by atoms with van der Waals surface area (Å²) >= 11 is 0. The molecule has 188 valence electrons. The number of hydrogen-bond donors (Lipinski definition) is 3. The molecule has 1 aliphatic carbocycles. The molecule has 8 nitrogen and oxygen atoms in total. The number of carbonyl (C=O) groups is 1. The SMILES string of the molecule is CN/C=C\n1c(C2CCCN(C)C2)nc(-c2ccc(C(=O)Nc3cc(C4CC4)ccn3)cc2)c1CN. The van der Waals surface area contributed by atoms with Crippen LogP contribution in [0.1, 0.15) is 65.0 Å². The van der Waals surface area contributed by atoms with Crippen molar-refractivity contribution < 1.29 is 4.79 Å². The summed E-state index contributed by atoms with van der Waals surface area (Å²) in [6.45, 7) is 2.46. The Morgan fingerprint density at radius 3 is 2.67 bits per heavy atom. The first-order valence-electron chi connectivity index (χ1n) is 12.8. The molecule has 1 saturated heterocycles. The quantitative estimate of drug-likeness (QED) is 0.446. The molecule has 3 heterocycles. The Labute approximate surface area is 212 Å². The zero-order valence-corrected chi connectivity index (χ0v) is 21.1. The van der Waals surface area contributed by atoms with Crippen LogP contribution in [-0.4, -0.2) is 52.5 Å². The number of benzene rings is 1. The van der Waals surface area contributed by atoms with Crippen molar-refractivity contribution >= 4 is 17.9 Å². The molecular formula is C28H35N7O. The standard InChI is InChI=1S/C28H35N7O/c1-30-13-15-35-24(17-29)26(33-27(35)23-4-3-14-34(2)18-23)20-7-9-21(10-8-20)28(36)32-25-16-22(11-12-31-25)19-5-6-19/h7-13,15-16,19,23,30H,3-6,14,17-18,29H2,1-2H3,(H,31,32,36)/b15-13-. The number of piperidine rings is 1. The van der Waals surface area contributed by atoms with Crippen LogP contribution < -0.4 is 16.4 Å². The molecule has 1 atom stereocenters. The van der Waals surface area contributed by atoms with Gasteiger partial charge in [0, 0.05) is 55.8 Å². The van der Waals surface area contributed by atoms with E-state index in [9.17, 15) is 4.79 Å². The molecular weight excluding hydrogens is 450 g/mol. The average molecular weight is 486 g/mol. The van der Waals surface area contributed by atoms with Gasteiger partial charge in [-0.3, -0.25) is 4.79 Å². The van der Waals surface area contributed by atoms with Gasteiger partial charge in [0.1, 0.15) is 11.6 Å². The van der Waals surface area contributed by atoms with E-state index in [0.717, 1.165) is 48.7 Å². The fourth-order valence-electron chi connectivity index (χ4n) is 5.05. The highest BCUT2D eigenvalue weighted by Gasteiger charge is 2.27. The highest BCUT2D eigenvalue weighted by molar-refractivity contribution is 6.04. The molecule has 0 radical (unpaired) electrons. The lowest BCUT2D eigenvalue weighted by atomic mass is 9.97. The number of likely N-dealkylation sites (tertiary alicyclic amines) is 1.